The molecule has 0 aliphatic heterocycles. The smallest absolute Gasteiger partial charge is 0.313 e. The van der Waals surface area contributed by atoms with E-state index in [2.05, 4.69) is 9.84 Å². The van der Waals surface area contributed by atoms with Crippen LogP contribution in [0.2, 0.25) is 10.2 Å². The molecule has 0 amide bonds. The van der Waals surface area contributed by atoms with Gasteiger partial charge in [0.2, 0.25) is 0 Å². The fourth-order valence-electron chi connectivity index (χ4n) is 3.58. The molecule has 3 aromatic rings. The Morgan fingerprint density at radius 3 is 2.52 bits per heavy atom. The van der Waals surface area contributed by atoms with Crippen molar-refractivity contribution in [3.63, 3.8) is 0 Å². The molecule has 0 spiro atoms. The van der Waals surface area contributed by atoms with Crippen LogP contribution in [0.25, 0.3) is 22.9 Å². The first-order chi connectivity index (χ1) is 15.6. The maximum absolute atomic E-state index is 13.5. The third-order valence-corrected chi connectivity index (χ3v) is 5.63. The molecule has 3 rings (SSSR count). The van der Waals surface area contributed by atoms with Gasteiger partial charge in [0.05, 0.1) is 29.4 Å². The Morgan fingerprint density at radius 1 is 1.24 bits per heavy atom. The van der Waals surface area contributed by atoms with Crippen LogP contribution in [0.1, 0.15) is 43.7 Å². The van der Waals surface area contributed by atoms with E-state index in [9.17, 15) is 19.1 Å². The molecule has 6 nitrogen and oxygen atoms in total. The molecule has 0 saturated heterocycles. The molecule has 1 unspecified atom stereocenters. The predicted molar refractivity (Wildman–Crippen MR) is 126 cm³/mol. The van der Waals surface area contributed by atoms with Crippen molar-refractivity contribution in [3.05, 3.63) is 63.5 Å². The van der Waals surface area contributed by atoms with Crippen LogP contribution in [-0.4, -0.2) is 39.7 Å². The average molecular weight is 493 g/mol. The zero-order valence-corrected chi connectivity index (χ0v) is 19.8. The van der Waals surface area contributed by atoms with Crippen LogP contribution in [-0.2, 0) is 14.3 Å². The number of nitrogens with zero attached hydrogens (tertiary/aromatic N) is 2. The summed E-state index contributed by atoms with van der Waals surface area (Å²) in [6.07, 6.45) is 1.33. The standard InChI is InChI=1S/C24H23Cl2FN2O4/c1-13(2)22-18(9-8-16(30)10-17(31)11-21(32)33-3)23(14-4-6-15(27)7-5-14)28-29-20(26)12-19(25)24(22)29/h4-9,12-13,16,30H,10-11H2,1-3H3/b9-8+. The molecule has 33 heavy (non-hydrogen) atoms. The Bertz CT molecular complexity index is 1220. The fourth-order valence-corrected chi connectivity index (χ4v) is 4.15. The third kappa shape index (κ3) is 5.61. The Morgan fingerprint density at radius 2 is 1.91 bits per heavy atom. The highest BCUT2D eigenvalue weighted by atomic mass is 35.5. The van der Waals surface area contributed by atoms with Gasteiger partial charge in [-0.15, -0.1) is 0 Å². The summed E-state index contributed by atoms with van der Waals surface area (Å²) in [6, 6.07) is 7.45. The summed E-state index contributed by atoms with van der Waals surface area (Å²) in [5.41, 5.74) is 3.24. The highest BCUT2D eigenvalue weighted by Crippen LogP contribution is 2.38. The number of ether oxygens (including phenoxy) is 1. The van der Waals surface area contributed by atoms with Crippen molar-refractivity contribution >= 4 is 46.5 Å². The number of carbonyl (C=O) groups excluding carboxylic acids is 2. The van der Waals surface area contributed by atoms with Crippen molar-refractivity contribution in [2.75, 3.05) is 7.11 Å². The largest absolute Gasteiger partial charge is 0.469 e. The zero-order chi connectivity index (χ0) is 24.3. The highest BCUT2D eigenvalue weighted by Gasteiger charge is 2.22. The lowest BCUT2D eigenvalue weighted by Crippen LogP contribution is -2.15. The van der Waals surface area contributed by atoms with Gasteiger partial charge in [0.25, 0.3) is 0 Å². The molecule has 0 aliphatic rings. The van der Waals surface area contributed by atoms with Gasteiger partial charge in [-0.1, -0.05) is 49.2 Å². The molecule has 0 bridgehead atoms. The van der Waals surface area contributed by atoms with Gasteiger partial charge in [-0.25, -0.2) is 8.91 Å². The van der Waals surface area contributed by atoms with E-state index in [1.165, 1.54) is 29.8 Å². The lowest BCUT2D eigenvalue weighted by atomic mass is 9.93. The number of benzene rings is 1. The summed E-state index contributed by atoms with van der Waals surface area (Å²) < 4.78 is 19.6. The van der Waals surface area contributed by atoms with E-state index in [-0.39, 0.29) is 18.2 Å². The minimum absolute atomic E-state index is 0.0177. The molecule has 1 N–H and O–H groups in total. The second-order valence-corrected chi connectivity index (χ2v) is 8.63. The van der Waals surface area contributed by atoms with Crippen molar-refractivity contribution in [1.29, 1.82) is 0 Å². The van der Waals surface area contributed by atoms with Crippen molar-refractivity contribution in [2.24, 2.45) is 0 Å². The van der Waals surface area contributed by atoms with Gasteiger partial charge in [0, 0.05) is 17.5 Å². The van der Waals surface area contributed by atoms with Gasteiger partial charge in [0.15, 0.2) is 0 Å². The highest BCUT2D eigenvalue weighted by molar-refractivity contribution is 6.37. The number of aliphatic hydroxyl groups is 1. The number of fused-ring (bicyclic) bond motifs is 1. The summed E-state index contributed by atoms with van der Waals surface area (Å²) in [7, 11) is 1.19. The Balaban J connectivity index is 2.12. The lowest BCUT2D eigenvalue weighted by Gasteiger charge is -2.18. The predicted octanol–water partition coefficient (Wildman–Crippen LogP) is 5.47. The van der Waals surface area contributed by atoms with Crippen LogP contribution >= 0.6 is 23.2 Å². The van der Waals surface area contributed by atoms with E-state index in [0.29, 0.717) is 32.5 Å². The molecule has 9 heteroatoms. The van der Waals surface area contributed by atoms with Crippen LogP contribution < -0.4 is 0 Å². The minimum Gasteiger partial charge on any atom is -0.469 e. The third-order valence-electron chi connectivity index (χ3n) is 5.07. The number of hydrogen-bond donors (Lipinski definition) is 1. The molecular weight excluding hydrogens is 470 g/mol. The van der Waals surface area contributed by atoms with Gasteiger partial charge < -0.3 is 9.84 Å². The summed E-state index contributed by atoms with van der Waals surface area (Å²) in [4.78, 5) is 23.3. The number of Topliss-reactive ketones (excluding diaryl/α,β-unsaturated/α-hetero) is 1. The van der Waals surface area contributed by atoms with E-state index >= 15 is 0 Å². The van der Waals surface area contributed by atoms with Crippen LogP contribution in [0.15, 0.2) is 36.4 Å². The number of methoxy groups -OCH3 is 1. The molecular formula is C24H23Cl2FN2O4. The molecule has 0 radical (unpaired) electrons. The van der Waals surface area contributed by atoms with Gasteiger partial charge in [-0.05, 0) is 41.8 Å². The van der Waals surface area contributed by atoms with Crippen molar-refractivity contribution in [3.8, 4) is 11.3 Å². The number of carbonyl (C=O) groups is 2. The molecule has 0 fully saturated rings. The van der Waals surface area contributed by atoms with E-state index < -0.39 is 24.3 Å². The number of hydrogen-bond acceptors (Lipinski definition) is 5. The number of ketones is 1. The molecule has 174 valence electrons. The average Bonchev–Trinajstić information content (AvgIpc) is 3.04. The van der Waals surface area contributed by atoms with Crippen LogP contribution in [0.5, 0.6) is 0 Å². The molecule has 1 atom stereocenters. The summed E-state index contributed by atoms with van der Waals surface area (Å²) in [5, 5.41) is 15.8. The van der Waals surface area contributed by atoms with Gasteiger partial charge >= 0.3 is 5.97 Å². The maximum Gasteiger partial charge on any atom is 0.313 e. The Hall–Kier alpha value is -2.74. The first-order valence-electron chi connectivity index (χ1n) is 10.2. The van der Waals surface area contributed by atoms with E-state index in [1.807, 2.05) is 13.8 Å². The van der Waals surface area contributed by atoms with E-state index in [1.54, 1.807) is 24.3 Å². The summed E-state index contributed by atoms with van der Waals surface area (Å²) in [6.45, 7) is 3.96. The van der Waals surface area contributed by atoms with Gasteiger partial charge in [-0.3, -0.25) is 9.59 Å². The van der Waals surface area contributed by atoms with Crippen LogP contribution in [0.3, 0.4) is 0 Å². The lowest BCUT2D eigenvalue weighted by molar-refractivity contribution is -0.143. The first kappa shape index (κ1) is 24.9. The fraction of sp³-hybridized carbons (Fsp3) is 0.292. The maximum atomic E-state index is 13.5. The second-order valence-electron chi connectivity index (χ2n) is 7.84. The van der Waals surface area contributed by atoms with Crippen LogP contribution in [0, 0.1) is 5.82 Å². The Kier molecular flexibility index (Phi) is 7.89. The molecule has 0 aliphatic carbocycles. The van der Waals surface area contributed by atoms with Gasteiger partial charge in [-0.2, -0.15) is 5.10 Å². The van der Waals surface area contributed by atoms with Crippen molar-refractivity contribution in [1.82, 2.24) is 9.61 Å². The van der Waals surface area contributed by atoms with E-state index in [4.69, 9.17) is 23.2 Å². The second kappa shape index (κ2) is 10.5. The van der Waals surface area contributed by atoms with E-state index in [0.717, 1.165) is 5.56 Å². The summed E-state index contributed by atoms with van der Waals surface area (Å²) >= 11 is 12.8. The van der Waals surface area contributed by atoms with Crippen molar-refractivity contribution in [2.45, 2.75) is 38.7 Å². The monoisotopic (exact) mass is 492 g/mol. The number of aromatic nitrogens is 2. The zero-order valence-electron chi connectivity index (χ0n) is 18.3. The first-order valence-corrected chi connectivity index (χ1v) is 11.0. The number of rotatable bonds is 8. The quantitative estimate of drug-likeness (QED) is 0.333. The van der Waals surface area contributed by atoms with Crippen LogP contribution in [0.4, 0.5) is 4.39 Å². The number of aliphatic hydroxyl groups excluding tert-OH is 1. The molecule has 2 aromatic heterocycles. The van der Waals surface area contributed by atoms with Gasteiger partial charge in [0.1, 0.15) is 23.2 Å². The number of halogens is 3. The minimum atomic E-state index is -1.13. The van der Waals surface area contributed by atoms with Crippen molar-refractivity contribution < 1.29 is 23.8 Å². The molecule has 1 aromatic carbocycles. The number of esters is 1. The molecule has 2 heterocycles. The summed E-state index contributed by atoms with van der Waals surface area (Å²) in [5.74, 6) is -1.51. The topological polar surface area (TPSA) is 80.9 Å². The normalized spacial score (nSPS) is 12.6. The SMILES string of the molecule is COC(=O)CC(=O)CC(O)/C=C/c1c(-c2ccc(F)cc2)nn2c(Cl)cc(Cl)c2c1C(C)C. The Labute approximate surface area is 200 Å². The molecule has 0 saturated carbocycles.